The number of amides is 1. The molecule has 2 aliphatic heterocycles. The number of morpholine rings is 1. The van der Waals surface area contributed by atoms with E-state index in [1.807, 2.05) is 25.7 Å². The molecule has 3 rings (SSSR count). The van der Waals surface area contributed by atoms with Gasteiger partial charge < -0.3 is 25.0 Å². The molecule has 0 bridgehead atoms. The molecule has 0 atom stereocenters. The van der Waals surface area contributed by atoms with Gasteiger partial charge in [0, 0.05) is 45.8 Å². The second kappa shape index (κ2) is 10.1. The van der Waals surface area contributed by atoms with Crippen LogP contribution in [0, 0.1) is 0 Å². The first-order valence-corrected chi connectivity index (χ1v) is 10.7. The van der Waals surface area contributed by atoms with Crippen molar-refractivity contribution in [3.63, 3.8) is 0 Å². The molecule has 1 amide bonds. The largest absolute Gasteiger partial charge is 0.444 e. The van der Waals surface area contributed by atoms with E-state index >= 15 is 0 Å². The third kappa shape index (κ3) is 6.88. The van der Waals surface area contributed by atoms with Crippen molar-refractivity contribution in [1.82, 2.24) is 14.7 Å². The number of benzene rings is 1. The smallest absolute Gasteiger partial charge is 0.410 e. The average Bonchev–Trinajstić information content (AvgIpc) is 2.72. The van der Waals surface area contributed by atoms with Crippen LogP contribution >= 0.6 is 0 Å². The summed E-state index contributed by atoms with van der Waals surface area (Å²) in [6.45, 7) is 13.2. The molecule has 1 aromatic carbocycles. The van der Waals surface area contributed by atoms with Crippen molar-refractivity contribution in [3.05, 3.63) is 35.4 Å². The number of hydrogen-bond donors (Lipinski definition) is 1. The number of rotatable bonds is 4. The molecule has 30 heavy (non-hydrogen) atoms. The van der Waals surface area contributed by atoms with Gasteiger partial charge in [-0.05, 0) is 31.9 Å². The predicted molar refractivity (Wildman–Crippen MR) is 117 cm³/mol. The van der Waals surface area contributed by atoms with Gasteiger partial charge in [0.15, 0.2) is 5.96 Å². The van der Waals surface area contributed by atoms with E-state index in [0.29, 0.717) is 38.7 Å². The molecule has 8 nitrogen and oxygen atoms in total. The fraction of sp³-hybridized carbons (Fsp3) is 0.636. The molecule has 2 aliphatic rings. The Kier molecular flexibility index (Phi) is 7.55. The van der Waals surface area contributed by atoms with Crippen LogP contribution in [-0.4, -0.2) is 84.8 Å². The van der Waals surface area contributed by atoms with Crippen LogP contribution in [0.3, 0.4) is 0 Å². The zero-order chi connectivity index (χ0) is 21.6. The van der Waals surface area contributed by atoms with Gasteiger partial charge in [-0.15, -0.1) is 0 Å². The van der Waals surface area contributed by atoms with Crippen LogP contribution in [0.4, 0.5) is 4.79 Å². The van der Waals surface area contributed by atoms with Crippen molar-refractivity contribution in [1.29, 1.82) is 0 Å². The van der Waals surface area contributed by atoms with Crippen LogP contribution in [0.1, 0.15) is 31.9 Å². The van der Waals surface area contributed by atoms with Crippen LogP contribution in [0.25, 0.3) is 0 Å². The number of nitrogens with zero attached hydrogens (tertiary/aromatic N) is 4. The molecular formula is C22H35N5O3. The third-order valence-electron chi connectivity index (χ3n) is 5.18. The van der Waals surface area contributed by atoms with Gasteiger partial charge in [-0.3, -0.25) is 4.90 Å². The molecule has 2 N–H and O–H groups in total. The monoisotopic (exact) mass is 417 g/mol. The molecule has 2 saturated heterocycles. The average molecular weight is 418 g/mol. The first-order chi connectivity index (χ1) is 14.3. The highest BCUT2D eigenvalue weighted by atomic mass is 16.6. The number of carbonyl (C=O) groups excluding carboxylic acids is 1. The Balaban J connectivity index is 1.48. The van der Waals surface area contributed by atoms with E-state index in [0.717, 1.165) is 38.4 Å². The summed E-state index contributed by atoms with van der Waals surface area (Å²) < 4.78 is 10.9. The molecule has 0 radical (unpaired) electrons. The quantitative estimate of drug-likeness (QED) is 0.595. The van der Waals surface area contributed by atoms with E-state index < -0.39 is 5.60 Å². The number of piperazine rings is 1. The van der Waals surface area contributed by atoms with Crippen molar-refractivity contribution in [3.8, 4) is 0 Å². The third-order valence-corrected chi connectivity index (χ3v) is 5.18. The summed E-state index contributed by atoms with van der Waals surface area (Å²) in [5.74, 6) is 0.525. The molecular weight excluding hydrogens is 382 g/mol. The maximum Gasteiger partial charge on any atom is 0.410 e. The Morgan fingerprint density at radius 3 is 2.37 bits per heavy atom. The summed E-state index contributed by atoms with van der Waals surface area (Å²) in [5.41, 5.74) is 8.18. The van der Waals surface area contributed by atoms with Crippen LogP contribution in [0.2, 0.25) is 0 Å². The molecule has 2 fully saturated rings. The van der Waals surface area contributed by atoms with Crippen molar-refractivity contribution in [2.75, 3.05) is 52.5 Å². The van der Waals surface area contributed by atoms with Crippen molar-refractivity contribution in [2.24, 2.45) is 10.7 Å². The molecule has 0 aromatic heterocycles. The Labute approximate surface area is 179 Å². The second-order valence-electron chi connectivity index (χ2n) is 8.84. The summed E-state index contributed by atoms with van der Waals surface area (Å²) in [6, 6.07) is 8.52. The van der Waals surface area contributed by atoms with Crippen molar-refractivity contribution >= 4 is 12.1 Å². The Bertz CT molecular complexity index is 733. The van der Waals surface area contributed by atoms with Gasteiger partial charge in [-0.25, -0.2) is 9.79 Å². The Morgan fingerprint density at radius 2 is 1.70 bits per heavy atom. The van der Waals surface area contributed by atoms with Crippen LogP contribution in [-0.2, 0) is 22.6 Å². The molecule has 0 aliphatic carbocycles. The standard InChI is InChI=1S/C22H35N5O3/c1-22(2,3)30-21(28)27-9-7-26(8-10-27)20(23)24-16-18-5-4-6-19(15-18)17-25-11-13-29-14-12-25/h4-6,15H,7-14,16-17H2,1-3H3,(H2,23,24). The van der Waals surface area contributed by atoms with Gasteiger partial charge in [0.2, 0.25) is 0 Å². The highest BCUT2D eigenvalue weighted by Gasteiger charge is 2.26. The Morgan fingerprint density at radius 1 is 1.07 bits per heavy atom. The molecule has 0 saturated carbocycles. The SMILES string of the molecule is CC(C)(C)OC(=O)N1CCN(C(N)=NCc2cccc(CN3CCOCC3)c2)CC1. The van der Waals surface area contributed by atoms with Gasteiger partial charge >= 0.3 is 6.09 Å². The molecule has 0 spiro atoms. The highest BCUT2D eigenvalue weighted by Crippen LogP contribution is 2.13. The minimum Gasteiger partial charge on any atom is -0.444 e. The lowest BCUT2D eigenvalue weighted by Gasteiger charge is -2.36. The lowest BCUT2D eigenvalue weighted by atomic mass is 10.1. The zero-order valence-corrected chi connectivity index (χ0v) is 18.5. The summed E-state index contributed by atoms with van der Waals surface area (Å²) in [6.07, 6.45) is -0.269. The fourth-order valence-electron chi connectivity index (χ4n) is 3.56. The van der Waals surface area contributed by atoms with Crippen molar-refractivity contribution < 1.29 is 14.3 Å². The molecule has 2 heterocycles. The number of carbonyl (C=O) groups is 1. The maximum atomic E-state index is 12.2. The summed E-state index contributed by atoms with van der Waals surface area (Å²) in [7, 11) is 0. The zero-order valence-electron chi connectivity index (χ0n) is 18.5. The summed E-state index contributed by atoms with van der Waals surface area (Å²) >= 11 is 0. The van der Waals surface area contributed by atoms with E-state index in [2.05, 4.69) is 34.2 Å². The van der Waals surface area contributed by atoms with E-state index in [-0.39, 0.29) is 6.09 Å². The Hall–Kier alpha value is -2.32. The summed E-state index contributed by atoms with van der Waals surface area (Å²) in [5, 5.41) is 0. The minimum absolute atomic E-state index is 0.269. The molecule has 8 heteroatoms. The van der Waals surface area contributed by atoms with Crippen LogP contribution < -0.4 is 5.73 Å². The first kappa shape index (κ1) is 22.4. The van der Waals surface area contributed by atoms with Crippen molar-refractivity contribution in [2.45, 2.75) is 39.5 Å². The molecule has 0 unspecified atom stereocenters. The molecule has 1 aromatic rings. The lowest BCUT2D eigenvalue weighted by molar-refractivity contribution is 0.0186. The maximum absolute atomic E-state index is 12.2. The van der Waals surface area contributed by atoms with E-state index in [4.69, 9.17) is 15.2 Å². The van der Waals surface area contributed by atoms with E-state index in [1.165, 1.54) is 5.56 Å². The van der Waals surface area contributed by atoms with E-state index in [9.17, 15) is 4.79 Å². The fourth-order valence-corrected chi connectivity index (χ4v) is 3.56. The number of guanidine groups is 1. The number of aliphatic imine (C=N–C) groups is 1. The highest BCUT2D eigenvalue weighted by molar-refractivity contribution is 5.78. The van der Waals surface area contributed by atoms with Gasteiger partial charge in [-0.1, -0.05) is 24.3 Å². The molecule has 166 valence electrons. The summed E-state index contributed by atoms with van der Waals surface area (Å²) in [4.78, 5) is 22.9. The van der Waals surface area contributed by atoms with Gasteiger partial charge in [0.05, 0.1) is 19.8 Å². The first-order valence-electron chi connectivity index (χ1n) is 10.7. The van der Waals surface area contributed by atoms with Gasteiger partial charge in [0.1, 0.15) is 5.60 Å². The normalized spacial score (nSPS) is 19.1. The second-order valence-corrected chi connectivity index (χ2v) is 8.84. The van der Waals surface area contributed by atoms with Crippen LogP contribution in [0.5, 0.6) is 0 Å². The minimum atomic E-state index is -0.481. The number of hydrogen-bond acceptors (Lipinski definition) is 5. The topological polar surface area (TPSA) is 83.6 Å². The van der Waals surface area contributed by atoms with Gasteiger partial charge in [0.25, 0.3) is 0 Å². The number of nitrogens with two attached hydrogens (primary N) is 1. The number of ether oxygens (including phenoxy) is 2. The predicted octanol–water partition coefficient (Wildman–Crippen LogP) is 1.89. The lowest BCUT2D eigenvalue weighted by Crippen LogP contribution is -2.53. The van der Waals surface area contributed by atoms with Crippen LogP contribution in [0.15, 0.2) is 29.3 Å². The van der Waals surface area contributed by atoms with E-state index in [1.54, 1.807) is 4.90 Å². The van der Waals surface area contributed by atoms with Gasteiger partial charge in [-0.2, -0.15) is 0 Å².